The maximum absolute atomic E-state index is 13.2. The number of anilines is 4. The molecule has 2 aromatic carbocycles. The first-order valence-electron chi connectivity index (χ1n) is 8.56. The smallest absolute Gasteiger partial charge is 0.196 e. The summed E-state index contributed by atoms with van der Waals surface area (Å²) in [5, 5.41) is 3.14. The van der Waals surface area contributed by atoms with E-state index in [1.165, 1.54) is 0 Å². The third kappa shape index (κ3) is 2.90. The number of Topliss-reactive ketones (excluding diaryl/α,β-unsaturated/α-hetero) is 2. The molecule has 2 aliphatic carbocycles. The SMILES string of the molecule is Nc1cc(Nc2cc(S)c(N)c3c2C(=O)C2=CCCC=C2C3=O)ccc1SO. The number of benzene rings is 2. The predicted octanol–water partition coefficient (Wildman–Crippen LogP) is 4.47. The minimum Gasteiger partial charge on any atom is -0.398 e. The molecule has 0 fully saturated rings. The van der Waals surface area contributed by atoms with Crippen molar-refractivity contribution in [1.29, 1.82) is 0 Å². The van der Waals surface area contributed by atoms with E-state index in [9.17, 15) is 14.1 Å². The van der Waals surface area contributed by atoms with Crippen LogP contribution in [0.1, 0.15) is 33.6 Å². The fourth-order valence-corrected chi connectivity index (χ4v) is 4.03. The first-order valence-corrected chi connectivity index (χ1v) is 9.78. The van der Waals surface area contributed by atoms with Crippen LogP contribution in [0, 0.1) is 0 Å². The zero-order valence-electron chi connectivity index (χ0n) is 14.7. The summed E-state index contributed by atoms with van der Waals surface area (Å²) < 4.78 is 9.20. The van der Waals surface area contributed by atoms with Crippen LogP contribution in [0.3, 0.4) is 0 Å². The lowest BCUT2D eigenvalue weighted by Crippen LogP contribution is -2.26. The molecule has 6 nitrogen and oxygen atoms in total. The van der Waals surface area contributed by atoms with Gasteiger partial charge in [0, 0.05) is 39.5 Å². The highest BCUT2D eigenvalue weighted by atomic mass is 32.2. The lowest BCUT2D eigenvalue weighted by atomic mass is 9.78. The number of nitrogens with two attached hydrogens (primary N) is 2. The van der Waals surface area contributed by atoms with Crippen LogP contribution in [0.4, 0.5) is 22.7 Å². The molecular formula is C20H17N3O3S2. The summed E-state index contributed by atoms with van der Waals surface area (Å²) in [5.41, 5.74) is 14.9. The van der Waals surface area contributed by atoms with Crippen molar-refractivity contribution >= 4 is 59.0 Å². The van der Waals surface area contributed by atoms with Crippen LogP contribution in [-0.4, -0.2) is 16.1 Å². The summed E-state index contributed by atoms with van der Waals surface area (Å²) in [7, 11) is 0. The summed E-state index contributed by atoms with van der Waals surface area (Å²) in [5.74, 6) is -0.498. The number of nitrogens with one attached hydrogen (secondary N) is 1. The molecule has 0 spiro atoms. The second kappa shape index (κ2) is 7.05. The van der Waals surface area contributed by atoms with Crippen molar-refractivity contribution in [3.8, 4) is 0 Å². The highest BCUT2D eigenvalue weighted by Crippen LogP contribution is 2.42. The summed E-state index contributed by atoms with van der Waals surface area (Å²) >= 11 is 4.94. The monoisotopic (exact) mass is 411 g/mol. The van der Waals surface area contributed by atoms with Crippen LogP contribution in [0.25, 0.3) is 0 Å². The number of carbonyl (C=O) groups is 2. The fourth-order valence-electron chi connectivity index (χ4n) is 3.49. The molecule has 142 valence electrons. The van der Waals surface area contributed by atoms with Gasteiger partial charge in [-0.2, -0.15) is 0 Å². The molecule has 0 aliphatic heterocycles. The predicted molar refractivity (Wildman–Crippen MR) is 115 cm³/mol. The van der Waals surface area contributed by atoms with Gasteiger partial charge in [0.25, 0.3) is 0 Å². The Morgan fingerprint density at radius 2 is 1.64 bits per heavy atom. The Hall–Kier alpha value is -2.68. The molecule has 0 bridgehead atoms. The Kier molecular flexibility index (Phi) is 4.70. The molecule has 0 amide bonds. The van der Waals surface area contributed by atoms with Crippen LogP contribution in [0.15, 0.2) is 57.4 Å². The Morgan fingerprint density at radius 3 is 2.25 bits per heavy atom. The average molecular weight is 412 g/mol. The van der Waals surface area contributed by atoms with E-state index >= 15 is 0 Å². The van der Waals surface area contributed by atoms with Gasteiger partial charge < -0.3 is 21.3 Å². The molecular weight excluding hydrogens is 394 g/mol. The van der Waals surface area contributed by atoms with Gasteiger partial charge in [-0.15, -0.1) is 12.6 Å². The molecule has 0 atom stereocenters. The Balaban J connectivity index is 1.88. The van der Waals surface area contributed by atoms with Crippen molar-refractivity contribution < 1.29 is 14.1 Å². The zero-order chi connectivity index (χ0) is 20.0. The fraction of sp³-hybridized carbons (Fsp3) is 0.100. The van der Waals surface area contributed by atoms with Gasteiger partial charge in [0.05, 0.1) is 27.4 Å². The number of ketones is 2. The molecule has 2 aromatic rings. The molecule has 0 unspecified atom stereocenters. The van der Waals surface area contributed by atoms with Gasteiger partial charge in [-0.3, -0.25) is 9.59 Å². The molecule has 6 N–H and O–H groups in total. The maximum atomic E-state index is 13.2. The van der Waals surface area contributed by atoms with E-state index in [2.05, 4.69) is 17.9 Å². The van der Waals surface area contributed by atoms with E-state index in [0.29, 0.717) is 62.9 Å². The second-order valence-corrected chi connectivity index (χ2v) is 7.65. The van der Waals surface area contributed by atoms with Crippen LogP contribution >= 0.6 is 24.7 Å². The average Bonchev–Trinajstić information content (AvgIpc) is 2.69. The molecule has 0 aromatic heterocycles. The van der Waals surface area contributed by atoms with Gasteiger partial charge in [0.15, 0.2) is 11.6 Å². The normalized spacial score (nSPS) is 15.5. The number of fused-ring (bicyclic) bond motifs is 2. The lowest BCUT2D eigenvalue weighted by molar-refractivity contribution is 0.0972. The topological polar surface area (TPSA) is 118 Å². The van der Waals surface area contributed by atoms with E-state index in [0.717, 1.165) is 0 Å². The van der Waals surface area contributed by atoms with Crippen molar-refractivity contribution in [2.24, 2.45) is 0 Å². The molecule has 0 radical (unpaired) electrons. The Bertz CT molecular complexity index is 1110. The molecule has 28 heavy (non-hydrogen) atoms. The summed E-state index contributed by atoms with van der Waals surface area (Å²) in [6.45, 7) is 0. The van der Waals surface area contributed by atoms with Gasteiger partial charge in [0.2, 0.25) is 0 Å². The Morgan fingerprint density at radius 1 is 1.00 bits per heavy atom. The highest BCUT2D eigenvalue weighted by molar-refractivity contribution is 7.94. The Labute approximate surface area is 171 Å². The van der Waals surface area contributed by atoms with E-state index in [4.69, 9.17) is 11.5 Å². The summed E-state index contributed by atoms with van der Waals surface area (Å²) in [6.07, 6.45) is 5.03. The number of hydrogen-bond donors (Lipinski definition) is 5. The van der Waals surface area contributed by atoms with Gasteiger partial charge >= 0.3 is 0 Å². The van der Waals surface area contributed by atoms with Crippen molar-refractivity contribution in [1.82, 2.24) is 0 Å². The lowest BCUT2D eigenvalue weighted by Gasteiger charge is -2.26. The number of rotatable bonds is 3. The van der Waals surface area contributed by atoms with Gasteiger partial charge in [-0.05, 0) is 37.1 Å². The van der Waals surface area contributed by atoms with Crippen LogP contribution in [-0.2, 0) is 0 Å². The summed E-state index contributed by atoms with van der Waals surface area (Å²) in [4.78, 5) is 27.2. The minimum absolute atomic E-state index is 0.181. The molecule has 2 aliphatic rings. The number of carbonyl (C=O) groups excluding carboxylic acids is 2. The van der Waals surface area contributed by atoms with Crippen LogP contribution in [0.5, 0.6) is 0 Å². The molecule has 4 rings (SSSR count). The maximum Gasteiger partial charge on any atom is 0.196 e. The first-order chi connectivity index (χ1) is 13.4. The largest absolute Gasteiger partial charge is 0.398 e. The van der Waals surface area contributed by atoms with Crippen molar-refractivity contribution in [2.75, 3.05) is 16.8 Å². The zero-order valence-corrected chi connectivity index (χ0v) is 16.4. The number of allylic oxidation sites excluding steroid dienone is 4. The molecule has 8 heteroatoms. The molecule has 0 heterocycles. The van der Waals surface area contributed by atoms with E-state index in [1.807, 2.05) is 0 Å². The standard InChI is InChI=1S/C20H17N3O3S2/c21-12-7-9(5-6-15(12)28-26)23-13-8-14(27)18(22)17-16(13)19(24)10-3-1-2-4-11(10)20(17)25/h3-8,23,26-27H,1-2,21-22H2. The third-order valence-electron chi connectivity index (χ3n) is 4.83. The quantitative estimate of drug-likeness (QED) is 0.287. The van der Waals surface area contributed by atoms with E-state index in [1.54, 1.807) is 36.4 Å². The van der Waals surface area contributed by atoms with Crippen molar-refractivity contribution in [3.05, 3.63) is 58.7 Å². The molecule has 0 saturated heterocycles. The number of thiol groups is 1. The highest BCUT2D eigenvalue weighted by Gasteiger charge is 2.37. The van der Waals surface area contributed by atoms with Gasteiger partial charge in [0.1, 0.15) is 0 Å². The van der Waals surface area contributed by atoms with Crippen LogP contribution in [0.2, 0.25) is 0 Å². The molecule has 0 saturated carbocycles. The van der Waals surface area contributed by atoms with Gasteiger partial charge in [-0.1, -0.05) is 12.2 Å². The number of nitrogen functional groups attached to an aromatic ring is 2. The van der Waals surface area contributed by atoms with Crippen LogP contribution < -0.4 is 16.8 Å². The second-order valence-electron chi connectivity index (χ2n) is 6.55. The van der Waals surface area contributed by atoms with E-state index < -0.39 is 0 Å². The van der Waals surface area contributed by atoms with E-state index in [-0.39, 0.29) is 28.4 Å². The first kappa shape index (κ1) is 18.7. The van der Waals surface area contributed by atoms with Crippen molar-refractivity contribution in [2.45, 2.75) is 22.6 Å². The minimum atomic E-state index is -0.261. The third-order valence-corrected chi connectivity index (χ3v) is 5.77. The summed E-state index contributed by atoms with van der Waals surface area (Å²) in [6, 6.07) is 6.65. The number of hydrogen-bond acceptors (Lipinski definition) is 8. The van der Waals surface area contributed by atoms with Gasteiger partial charge in [-0.25, -0.2) is 0 Å². The van der Waals surface area contributed by atoms with Crippen molar-refractivity contribution in [3.63, 3.8) is 0 Å².